The Kier molecular flexibility index (Phi) is 7.87. The molecule has 6 nitrogen and oxygen atoms in total. The maximum absolute atomic E-state index is 8.49. The van der Waals surface area contributed by atoms with Gasteiger partial charge in [-0.1, -0.05) is 23.7 Å². The van der Waals surface area contributed by atoms with E-state index in [1.807, 2.05) is 24.3 Å². The van der Waals surface area contributed by atoms with Crippen molar-refractivity contribution >= 4 is 34.5 Å². The molecule has 0 amide bonds. The smallest absolute Gasteiger partial charge is 0.222 e. The normalized spacial score (nSPS) is 10.9. The van der Waals surface area contributed by atoms with Gasteiger partial charge in [0.1, 0.15) is 18.1 Å². The highest BCUT2D eigenvalue weighted by molar-refractivity contribution is 7.25. The van der Waals surface area contributed by atoms with Crippen LogP contribution in [0, 0.1) is 10.2 Å². The minimum absolute atomic E-state index is 0.762. The van der Waals surface area contributed by atoms with Crippen LogP contribution in [0.25, 0.3) is 10.6 Å². The molecule has 0 aliphatic carbocycles. The Morgan fingerprint density at radius 1 is 1.09 bits per heavy atom. The molecule has 1 aromatic carbocycles. The van der Waals surface area contributed by atoms with E-state index in [-0.39, 0.29) is 0 Å². The molecule has 2 rings (SSSR count). The Balaban J connectivity index is 0.000000422. The van der Waals surface area contributed by atoms with Gasteiger partial charge in [0.2, 0.25) is 0 Å². The molecule has 0 atom stereocenters. The first-order chi connectivity index (χ1) is 10.2. The molecule has 0 N–H and O–H groups in total. The Bertz CT molecular complexity index is 638. The van der Waals surface area contributed by atoms with E-state index >= 15 is 0 Å². The van der Waals surface area contributed by atoms with E-state index in [2.05, 4.69) is 22.8 Å². The highest BCUT2D eigenvalue weighted by Crippen LogP contribution is 2.22. The second-order valence-electron chi connectivity index (χ2n) is 3.91. The van der Waals surface area contributed by atoms with Crippen LogP contribution in [0.4, 0.5) is 0 Å². The van der Waals surface area contributed by atoms with E-state index in [0.717, 1.165) is 28.7 Å². The van der Waals surface area contributed by atoms with Crippen LogP contribution in [-0.2, 0) is 0 Å². The molecule has 1 heterocycles. The molecular weight excluding hydrogens is 371 g/mol. The minimum Gasteiger partial charge on any atom is -0.222 e. The van der Waals surface area contributed by atoms with E-state index in [0.29, 0.717) is 0 Å². The van der Waals surface area contributed by atoms with Crippen LogP contribution >= 0.6 is 34.5 Å². The van der Waals surface area contributed by atoms with Crippen molar-refractivity contribution in [1.82, 2.24) is 8.95 Å². The second kappa shape index (κ2) is 8.90. The fraction of sp³-hybridized carbons (Fsp3) is 0.333. The van der Waals surface area contributed by atoms with Crippen LogP contribution in [-0.4, -0.2) is 17.5 Å². The summed E-state index contributed by atoms with van der Waals surface area (Å²) in [5, 5.41) is 1.83. The van der Waals surface area contributed by atoms with Gasteiger partial charge in [-0.15, -0.1) is 10.2 Å². The number of rotatable bonds is 3. The fourth-order valence-electron chi connectivity index (χ4n) is 1.51. The Morgan fingerprint density at radius 3 is 2.05 bits per heavy atom. The van der Waals surface area contributed by atoms with Crippen molar-refractivity contribution in [2.24, 2.45) is 0 Å². The molecule has 2 aromatic rings. The number of nitrogens with zero attached hydrogens (tertiary/aromatic N) is 2. The van der Waals surface area contributed by atoms with Crippen LogP contribution in [0.5, 0.6) is 0 Å². The van der Waals surface area contributed by atoms with Gasteiger partial charge in [0.05, 0.1) is 0 Å². The Morgan fingerprint density at radius 2 is 1.59 bits per heavy atom. The SMILES string of the molecule is CC[N+](CC)=c1snc(-c2ccc(Cl)cc2)s1.[O-][Cl+3]([O-])([O-])[O-]. The van der Waals surface area contributed by atoms with Crippen LogP contribution in [0.15, 0.2) is 24.3 Å². The summed E-state index contributed by atoms with van der Waals surface area (Å²) < 4.78 is 42.1. The van der Waals surface area contributed by atoms with Gasteiger partial charge in [-0.05, 0) is 37.3 Å². The summed E-state index contributed by atoms with van der Waals surface area (Å²) in [7, 11) is -4.94. The molecule has 0 fully saturated rings. The summed E-state index contributed by atoms with van der Waals surface area (Å²) in [5.74, 6) is 0. The zero-order valence-corrected chi connectivity index (χ0v) is 15.0. The highest BCUT2D eigenvalue weighted by Gasteiger charge is 2.08. The van der Waals surface area contributed by atoms with E-state index < -0.39 is 10.2 Å². The van der Waals surface area contributed by atoms with Gasteiger partial charge in [-0.25, -0.2) is 23.2 Å². The number of hydrogen-bond acceptors (Lipinski definition) is 7. The van der Waals surface area contributed by atoms with Gasteiger partial charge < -0.3 is 0 Å². The molecule has 10 heteroatoms. The van der Waals surface area contributed by atoms with Crippen molar-refractivity contribution in [3.8, 4) is 10.6 Å². The first-order valence-corrected chi connectivity index (χ1v) is 9.37. The lowest BCUT2D eigenvalue weighted by molar-refractivity contribution is -2.00. The van der Waals surface area contributed by atoms with E-state index in [1.165, 1.54) is 3.98 Å². The van der Waals surface area contributed by atoms with E-state index in [9.17, 15) is 0 Å². The number of halogens is 2. The molecule has 0 saturated carbocycles. The van der Waals surface area contributed by atoms with Crippen LogP contribution in [0.3, 0.4) is 0 Å². The van der Waals surface area contributed by atoms with E-state index in [4.69, 9.17) is 30.2 Å². The third-order valence-corrected chi connectivity index (χ3v) is 4.99. The van der Waals surface area contributed by atoms with Gasteiger partial charge in [0.15, 0.2) is 0 Å². The number of hydrogen-bond donors (Lipinski definition) is 0. The molecule has 0 aliphatic heterocycles. The van der Waals surface area contributed by atoms with Gasteiger partial charge in [-0.2, -0.15) is 4.37 Å². The maximum atomic E-state index is 8.49. The van der Waals surface area contributed by atoms with Gasteiger partial charge in [-0.3, -0.25) is 0 Å². The monoisotopic (exact) mass is 384 g/mol. The topological polar surface area (TPSA) is 108 Å². The summed E-state index contributed by atoms with van der Waals surface area (Å²) in [6.45, 7) is 6.38. The molecule has 22 heavy (non-hydrogen) atoms. The highest BCUT2D eigenvalue weighted by atomic mass is 35.7. The van der Waals surface area contributed by atoms with Gasteiger partial charge in [0.25, 0.3) is 0 Å². The molecule has 0 aliphatic rings. The first kappa shape index (κ1) is 19.5. The maximum Gasteiger partial charge on any atom is 0.333 e. The summed E-state index contributed by atoms with van der Waals surface area (Å²) in [6.07, 6.45) is 0. The fourth-order valence-corrected chi connectivity index (χ4v) is 3.84. The predicted octanol–water partition coefficient (Wildman–Crippen LogP) is -1.42. The summed E-state index contributed by atoms with van der Waals surface area (Å²) in [6, 6.07) is 7.83. The quantitative estimate of drug-likeness (QED) is 0.603. The lowest BCUT2D eigenvalue weighted by Gasteiger charge is -2.17. The molecule has 0 saturated heterocycles. The molecular formula is C12H14Cl2N2O4S2. The third-order valence-electron chi connectivity index (χ3n) is 2.50. The second-order valence-corrected chi connectivity index (χ2v) is 7.09. The standard InChI is InChI=1S/C12H14ClN2S2.ClHO4/c1-3-15(4-2)12-16-11(14-17-12)9-5-7-10(13)8-6-9;2-1(3,4)5/h5-8H,3-4H2,1-2H3;(H,2,3,4,5)/q+1;/p-1. The predicted molar refractivity (Wildman–Crippen MR) is 76.8 cm³/mol. The molecule has 0 bridgehead atoms. The van der Waals surface area contributed by atoms with Crippen LogP contribution in [0.2, 0.25) is 5.02 Å². The molecule has 122 valence electrons. The lowest BCUT2D eigenvalue weighted by atomic mass is 10.2. The zero-order valence-electron chi connectivity index (χ0n) is 11.8. The summed E-state index contributed by atoms with van der Waals surface area (Å²) in [5.41, 5.74) is 1.13. The van der Waals surface area contributed by atoms with Crippen molar-refractivity contribution in [2.75, 3.05) is 13.1 Å². The molecule has 0 spiro atoms. The van der Waals surface area contributed by atoms with Crippen molar-refractivity contribution < 1.29 is 28.9 Å². The Labute approximate surface area is 143 Å². The Hall–Kier alpha value is -0.580. The summed E-state index contributed by atoms with van der Waals surface area (Å²) in [4.78, 5) is 0. The van der Waals surface area contributed by atoms with Crippen molar-refractivity contribution in [3.63, 3.8) is 0 Å². The largest absolute Gasteiger partial charge is 0.333 e. The minimum atomic E-state index is -4.94. The zero-order chi connectivity index (χ0) is 16.8. The average molecular weight is 385 g/mol. The first-order valence-electron chi connectivity index (χ1n) is 6.17. The lowest BCUT2D eigenvalue weighted by Crippen LogP contribution is -2.68. The number of benzene rings is 1. The number of aromatic nitrogens is 1. The van der Waals surface area contributed by atoms with Crippen LogP contribution < -0.4 is 27.2 Å². The average Bonchev–Trinajstić information content (AvgIpc) is 2.89. The molecule has 0 unspecified atom stereocenters. The van der Waals surface area contributed by atoms with Gasteiger partial charge in [0, 0.05) is 22.1 Å². The molecule has 0 radical (unpaired) electrons. The van der Waals surface area contributed by atoms with Crippen molar-refractivity contribution in [1.29, 1.82) is 0 Å². The van der Waals surface area contributed by atoms with Crippen LogP contribution in [0.1, 0.15) is 13.8 Å². The van der Waals surface area contributed by atoms with Crippen molar-refractivity contribution in [3.05, 3.63) is 33.3 Å². The van der Waals surface area contributed by atoms with Crippen molar-refractivity contribution in [2.45, 2.75) is 13.8 Å². The summed E-state index contributed by atoms with van der Waals surface area (Å²) >= 11 is 9.18. The van der Waals surface area contributed by atoms with E-state index in [1.54, 1.807) is 22.9 Å². The third kappa shape index (κ3) is 7.12. The van der Waals surface area contributed by atoms with Gasteiger partial charge >= 0.3 is 3.98 Å². The molecule has 1 aromatic heterocycles.